The van der Waals surface area contributed by atoms with E-state index in [0.29, 0.717) is 6.42 Å². The number of hydrogen-bond donors (Lipinski definition) is 1. The number of benzene rings is 1. The van der Waals surface area contributed by atoms with Crippen LogP contribution >= 0.6 is 47.8 Å². The van der Waals surface area contributed by atoms with Crippen LogP contribution in [0, 0.1) is 0 Å². The van der Waals surface area contributed by atoms with E-state index in [0.717, 1.165) is 19.1 Å². The van der Waals surface area contributed by atoms with Crippen molar-refractivity contribution in [3.05, 3.63) is 25.6 Å². The highest BCUT2D eigenvalue weighted by Crippen LogP contribution is 2.34. The average molecular weight is 386 g/mol. The quantitative estimate of drug-likeness (QED) is 0.807. The Kier molecular flexibility index (Phi) is 4.60. The number of carbonyl (C=O) groups is 1. The number of amides is 1. The molecule has 0 heterocycles. The Morgan fingerprint density at radius 1 is 1.29 bits per heavy atom. The van der Waals surface area contributed by atoms with Gasteiger partial charge >= 0.3 is 0 Å². The minimum absolute atomic E-state index is 0.00581. The lowest BCUT2D eigenvalue weighted by Gasteiger charge is -2.09. The van der Waals surface area contributed by atoms with Gasteiger partial charge in [-0.1, -0.05) is 22.9 Å². The van der Waals surface area contributed by atoms with Gasteiger partial charge in [0.15, 0.2) is 0 Å². The van der Waals surface area contributed by atoms with Crippen LogP contribution in [0.3, 0.4) is 0 Å². The lowest BCUT2D eigenvalue weighted by molar-refractivity contribution is -0.115. The monoisotopic (exact) mass is 383 g/mol. The number of anilines is 1. The molecule has 0 unspecified atom stereocenters. The van der Waals surface area contributed by atoms with E-state index >= 15 is 0 Å². The molecule has 0 bridgehead atoms. The lowest BCUT2D eigenvalue weighted by atomic mass is 10.3. The zero-order valence-electron chi connectivity index (χ0n) is 7.40. The Labute approximate surface area is 108 Å². The van der Waals surface area contributed by atoms with Crippen LogP contribution in [0.2, 0.25) is 0 Å². The van der Waals surface area contributed by atoms with Gasteiger partial charge in [-0.15, -0.1) is 0 Å². The van der Waals surface area contributed by atoms with Crippen molar-refractivity contribution in [3.8, 4) is 0 Å². The molecule has 0 aromatic heterocycles. The van der Waals surface area contributed by atoms with Crippen LogP contribution < -0.4 is 5.32 Å². The highest BCUT2D eigenvalue weighted by Gasteiger charge is 2.08. The van der Waals surface area contributed by atoms with Gasteiger partial charge in [0.05, 0.1) is 5.69 Å². The summed E-state index contributed by atoms with van der Waals surface area (Å²) in [5, 5.41) is 2.80. The van der Waals surface area contributed by atoms with Crippen molar-refractivity contribution >= 4 is 59.4 Å². The maximum Gasteiger partial charge on any atom is 0.224 e. The molecule has 0 spiro atoms. The molecular weight excluding hydrogens is 378 g/mol. The fourth-order valence-electron chi connectivity index (χ4n) is 0.889. The van der Waals surface area contributed by atoms with Crippen LogP contribution in [-0.2, 0) is 4.79 Å². The van der Waals surface area contributed by atoms with Crippen molar-refractivity contribution < 1.29 is 4.79 Å². The second-order valence-corrected chi connectivity index (χ2v) is 5.27. The molecule has 1 aromatic carbocycles. The molecule has 1 N–H and O–H groups in total. The molecule has 0 aliphatic rings. The van der Waals surface area contributed by atoms with Crippen molar-refractivity contribution in [1.82, 2.24) is 0 Å². The smallest absolute Gasteiger partial charge is 0.224 e. The predicted octanol–water partition coefficient (Wildman–Crippen LogP) is 4.32. The molecule has 0 saturated carbocycles. The maximum absolute atomic E-state index is 11.2. The van der Waals surface area contributed by atoms with Gasteiger partial charge in [-0.25, -0.2) is 0 Å². The van der Waals surface area contributed by atoms with Crippen molar-refractivity contribution in [1.29, 1.82) is 0 Å². The van der Waals surface area contributed by atoms with Gasteiger partial charge in [-0.05, 0) is 44.0 Å². The minimum atomic E-state index is -0.00581. The number of hydrogen-bond acceptors (Lipinski definition) is 1. The second kappa shape index (κ2) is 5.28. The molecule has 5 heteroatoms. The number of rotatable bonds is 2. The summed E-state index contributed by atoms with van der Waals surface area (Å²) in [6.07, 6.45) is 0.467. The van der Waals surface area contributed by atoms with E-state index in [4.69, 9.17) is 0 Å². The lowest BCUT2D eigenvalue weighted by Crippen LogP contribution is -2.10. The van der Waals surface area contributed by atoms with E-state index in [2.05, 4.69) is 53.1 Å². The van der Waals surface area contributed by atoms with Gasteiger partial charge in [0.1, 0.15) is 0 Å². The molecule has 0 aliphatic heterocycles. The molecule has 76 valence electrons. The summed E-state index contributed by atoms with van der Waals surface area (Å²) in [4.78, 5) is 11.2. The van der Waals surface area contributed by atoms with Crippen molar-refractivity contribution in [2.24, 2.45) is 0 Å². The highest BCUT2D eigenvalue weighted by molar-refractivity contribution is 9.11. The molecule has 0 saturated heterocycles. The summed E-state index contributed by atoms with van der Waals surface area (Å²) < 4.78 is 2.65. The number of halogens is 3. The summed E-state index contributed by atoms with van der Waals surface area (Å²) in [6, 6.07) is 3.77. The summed E-state index contributed by atoms with van der Waals surface area (Å²) in [6.45, 7) is 1.82. The first kappa shape index (κ1) is 12.2. The minimum Gasteiger partial charge on any atom is -0.324 e. The molecule has 2 nitrogen and oxygen atoms in total. The topological polar surface area (TPSA) is 29.1 Å². The van der Waals surface area contributed by atoms with Crippen molar-refractivity contribution in [3.63, 3.8) is 0 Å². The van der Waals surface area contributed by atoms with E-state index < -0.39 is 0 Å². The zero-order chi connectivity index (χ0) is 10.7. The first-order valence-electron chi connectivity index (χ1n) is 3.99. The van der Waals surface area contributed by atoms with E-state index in [1.54, 1.807) is 0 Å². The molecule has 1 aromatic rings. The van der Waals surface area contributed by atoms with Crippen LogP contribution in [0.25, 0.3) is 0 Å². The van der Waals surface area contributed by atoms with E-state index in [1.807, 2.05) is 19.1 Å². The normalized spacial score (nSPS) is 10.0. The summed E-state index contributed by atoms with van der Waals surface area (Å²) in [5.74, 6) is -0.00581. The Balaban J connectivity index is 3.02. The molecule has 14 heavy (non-hydrogen) atoms. The van der Waals surface area contributed by atoms with E-state index in [1.165, 1.54) is 0 Å². The standard InChI is InChI=1S/C9H8Br3NO/c1-2-8(14)13-9-6(11)3-5(10)4-7(9)12/h3-4H,2H2,1H3,(H,13,14). The van der Waals surface area contributed by atoms with Crippen LogP contribution in [0.5, 0.6) is 0 Å². The van der Waals surface area contributed by atoms with E-state index in [-0.39, 0.29) is 5.91 Å². The van der Waals surface area contributed by atoms with Gasteiger partial charge in [-0.2, -0.15) is 0 Å². The summed E-state index contributed by atoms with van der Waals surface area (Å²) in [5.41, 5.74) is 0.764. The van der Waals surface area contributed by atoms with Gasteiger partial charge < -0.3 is 5.32 Å². The van der Waals surface area contributed by atoms with Gasteiger partial charge in [-0.3, -0.25) is 4.79 Å². The SMILES string of the molecule is CCC(=O)Nc1c(Br)cc(Br)cc1Br. The van der Waals surface area contributed by atoms with Crippen molar-refractivity contribution in [2.45, 2.75) is 13.3 Å². The van der Waals surface area contributed by atoms with Crippen LogP contribution in [-0.4, -0.2) is 5.91 Å². The van der Waals surface area contributed by atoms with Gasteiger partial charge in [0.2, 0.25) is 5.91 Å². The first-order chi connectivity index (χ1) is 6.54. The predicted molar refractivity (Wildman–Crippen MR) is 68.5 cm³/mol. The van der Waals surface area contributed by atoms with Crippen LogP contribution in [0.1, 0.15) is 13.3 Å². The average Bonchev–Trinajstić information content (AvgIpc) is 2.10. The Hall–Kier alpha value is 0.130. The Morgan fingerprint density at radius 3 is 2.21 bits per heavy atom. The molecule has 0 aliphatic carbocycles. The Bertz CT molecular complexity index is 342. The number of carbonyl (C=O) groups excluding carboxylic acids is 1. The molecule has 1 rings (SSSR count). The third-order valence-electron chi connectivity index (χ3n) is 1.59. The summed E-state index contributed by atoms with van der Waals surface area (Å²) >= 11 is 10.1. The molecule has 0 fully saturated rings. The first-order valence-corrected chi connectivity index (χ1v) is 6.37. The van der Waals surface area contributed by atoms with Crippen LogP contribution in [0.15, 0.2) is 25.6 Å². The highest BCUT2D eigenvalue weighted by atomic mass is 79.9. The zero-order valence-corrected chi connectivity index (χ0v) is 12.2. The second-order valence-electron chi connectivity index (χ2n) is 2.65. The fourth-order valence-corrected chi connectivity index (χ4v) is 3.35. The van der Waals surface area contributed by atoms with Crippen molar-refractivity contribution in [2.75, 3.05) is 5.32 Å². The molecule has 1 amide bonds. The third-order valence-corrected chi connectivity index (χ3v) is 3.30. The molecule has 0 radical (unpaired) electrons. The van der Waals surface area contributed by atoms with E-state index in [9.17, 15) is 4.79 Å². The fraction of sp³-hybridized carbons (Fsp3) is 0.222. The third kappa shape index (κ3) is 3.07. The summed E-state index contributed by atoms with van der Waals surface area (Å²) in [7, 11) is 0. The van der Waals surface area contributed by atoms with Gasteiger partial charge in [0.25, 0.3) is 0 Å². The number of nitrogens with one attached hydrogen (secondary N) is 1. The molecular formula is C9H8Br3NO. The van der Waals surface area contributed by atoms with Gasteiger partial charge in [0, 0.05) is 19.8 Å². The Morgan fingerprint density at radius 2 is 1.79 bits per heavy atom. The maximum atomic E-state index is 11.2. The molecule has 0 atom stereocenters. The largest absolute Gasteiger partial charge is 0.324 e. The van der Waals surface area contributed by atoms with Crippen LogP contribution in [0.4, 0.5) is 5.69 Å².